The van der Waals surface area contributed by atoms with Crippen LogP contribution in [0.4, 0.5) is 0 Å². The molecule has 0 saturated heterocycles. The minimum atomic E-state index is 0.144. The van der Waals surface area contributed by atoms with Crippen LogP contribution in [0.25, 0.3) is 11.1 Å². The number of nitriles is 1. The van der Waals surface area contributed by atoms with Gasteiger partial charge in [0.2, 0.25) is 5.89 Å². The molecule has 0 atom stereocenters. The van der Waals surface area contributed by atoms with Crippen LogP contribution in [0.3, 0.4) is 0 Å². The molecule has 0 aliphatic rings. The van der Waals surface area contributed by atoms with Gasteiger partial charge in [0.1, 0.15) is 18.2 Å². The van der Waals surface area contributed by atoms with Gasteiger partial charge >= 0.3 is 0 Å². The van der Waals surface area contributed by atoms with E-state index in [1.165, 1.54) is 0 Å². The molecular formula is C10H6N2O2. The maximum absolute atomic E-state index is 10.5. The van der Waals surface area contributed by atoms with Crippen molar-refractivity contribution in [3.63, 3.8) is 0 Å². The molecule has 4 heteroatoms. The molecule has 0 spiro atoms. The third-order valence-electron chi connectivity index (χ3n) is 1.82. The van der Waals surface area contributed by atoms with Gasteiger partial charge in [-0.3, -0.25) is 4.79 Å². The van der Waals surface area contributed by atoms with Crippen LogP contribution >= 0.6 is 0 Å². The first-order chi connectivity index (χ1) is 6.83. The molecule has 0 saturated carbocycles. The highest BCUT2D eigenvalue weighted by Crippen LogP contribution is 2.16. The Balaban J connectivity index is 2.55. The predicted octanol–water partition coefficient (Wildman–Crippen LogP) is 1.71. The van der Waals surface area contributed by atoms with Crippen molar-refractivity contribution in [3.8, 4) is 6.07 Å². The lowest BCUT2D eigenvalue weighted by atomic mass is 10.2. The first-order valence-electron chi connectivity index (χ1n) is 4.05. The molecule has 14 heavy (non-hydrogen) atoms. The molecule has 0 aliphatic heterocycles. The van der Waals surface area contributed by atoms with Crippen molar-refractivity contribution in [3.05, 3.63) is 29.7 Å². The van der Waals surface area contributed by atoms with Crippen LogP contribution in [0.15, 0.2) is 22.6 Å². The van der Waals surface area contributed by atoms with E-state index in [0.717, 1.165) is 6.29 Å². The van der Waals surface area contributed by atoms with E-state index >= 15 is 0 Å². The number of carbonyl (C=O) groups excluding carboxylic acids is 1. The van der Waals surface area contributed by atoms with Gasteiger partial charge in [0.05, 0.1) is 6.07 Å². The summed E-state index contributed by atoms with van der Waals surface area (Å²) in [6.45, 7) is 0. The summed E-state index contributed by atoms with van der Waals surface area (Å²) in [5, 5.41) is 8.44. The number of hydrogen-bond donors (Lipinski definition) is 0. The van der Waals surface area contributed by atoms with Gasteiger partial charge in [0, 0.05) is 5.56 Å². The Hall–Kier alpha value is -2.15. The summed E-state index contributed by atoms with van der Waals surface area (Å²) in [6.07, 6.45) is 0.892. The van der Waals surface area contributed by atoms with Crippen molar-refractivity contribution in [2.75, 3.05) is 0 Å². The molecule has 0 bridgehead atoms. The van der Waals surface area contributed by atoms with Gasteiger partial charge in [-0.05, 0) is 18.2 Å². The average molecular weight is 186 g/mol. The molecule has 0 N–H and O–H groups in total. The smallest absolute Gasteiger partial charge is 0.209 e. The van der Waals surface area contributed by atoms with E-state index in [9.17, 15) is 4.79 Å². The van der Waals surface area contributed by atoms with Gasteiger partial charge in [0.15, 0.2) is 5.58 Å². The number of aldehydes is 1. The summed E-state index contributed by atoms with van der Waals surface area (Å²) >= 11 is 0. The monoisotopic (exact) mass is 186 g/mol. The van der Waals surface area contributed by atoms with Gasteiger partial charge in [-0.25, -0.2) is 4.98 Å². The first kappa shape index (κ1) is 8.45. The molecule has 0 unspecified atom stereocenters. The van der Waals surface area contributed by atoms with Crippen LogP contribution in [-0.4, -0.2) is 11.3 Å². The maximum Gasteiger partial charge on any atom is 0.209 e. The summed E-state index contributed by atoms with van der Waals surface area (Å²) in [6, 6.07) is 6.90. The van der Waals surface area contributed by atoms with Crippen molar-refractivity contribution in [2.24, 2.45) is 0 Å². The molecule has 2 aromatic rings. The normalized spacial score (nSPS) is 9.93. The van der Waals surface area contributed by atoms with Crippen molar-refractivity contribution in [1.82, 2.24) is 4.98 Å². The fourth-order valence-corrected chi connectivity index (χ4v) is 1.21. The topological polar surface area (TPSA) is 66.9 Å². The number of benzene rings is 1. The number of nitrogens with zero attached hydrogens (tertiary/aromatic N) is 2. The van der Waals surface area contributed by atoms with E-state index < -0.39 is 0 Å². The summed E-state index contributed by atoms with van der Waals surface area (Å²) in [7, 11) is 0. The Morgan fingerprint density at radius 3 is 3.14 bits per heavy atom. The fraction of sp³-hybridized carbons (Fsp3) is 0.100. The van der Waals surface area contributed by atoms with E-state index in [0.29, 0.717) is 22.6 Å². The zero-order valence-electron chi connectivity index (χ0n) is 7.23. The number of fused-ring (bicyclic) bond motifs is 1. The fourth-order valence-electron chi connectivity index (χ4n) is 1.21. The largest absolute Gasteiger partial charge is 0.440 e. The van der Waals surface area contributed by atoms with Gasteiger partial charge in [0.25, 0.3) is 0 Å². The van der Waals surface area contributed by atoms with Crippen molar-refractivity contribution in [2.45, 2.75) is 6.42 Å². The standard InChI is InChI=1S/C10H6N2O2/c11-4-3-10-12-8-5-7(6-13)1-2-9(8)14-10/h1-2,5-6H,3H2. The summed E-state index contributed by atoms with van der Waals surface area (Å²) in [4.78, 5) is 14.5. The molecule has 4 nitrogen and oxygen atoms in total. The summed E-state index contributed by atoms with van der Waals surface area (Å²) in [5.41, 5.74) is 1.76. The van der Waals surface area contributed by atoms with Gasteiger partial charge < -0.3 is 4.42 Å². The van der Waals surface area contributed by atoms with Gasteiger partial charge in [-0.1, -0.05) is 0 Å². The quantitative estimate of drug-likeness (QED) is 0.669. The average Bonchev–Trinajstić information content (AvgIpc) is 2.59. The Kier molecular flexibility index (Phi) is 1.99. The minimum Gasteiger partial charge on any atom is -0.440 e. The molecule has 0 fully saturated rings. The molecule has 68 valence electrons. The number of hydrogen-bond acceptors (Lipinski definition) is 4. The van der Waals surface area contributed by atoms with E-state index in [1.807, 2.05) is 6.07 Å². The SMILES string of the molecule is N#CCc1nc2cc(C=O)ccc2o1. The highest BCUT2D eigenvalue weighted by Gasteiger charge is 2.05. The van der Waals surface area contributed by atoms with E-state index in [2.05, 4.69) is 4.98 Å². The molecule has 0 radical (unpaired) electrons. The van der Waals surface area contributed by atoms with E-state index in [-0.39, 0.29) is 6.42 Å². The second-order valence-corrected chi connectivity index (χ2v) is 2.79. The van der Waals surface area contributed by atoms with Crippen molar-refractivity contribution >= 4 is 17.4 Å². The summed E-state index contributed by atoms with van der Waals surface area (Å²) < 4.78 is 5.26. The maximum atomic E-state index is 10.5. The van der Waals surface area contributed by atoms with Crippen LogP contribution in [0.5, 0.6) is 0 Å². The number of oxazole rings is 1. The van der Waals surface area contributed by atoms with Crippen LogP contribution < -0.4 is 0 Å². The Morgan fingerprint density at radius 2 is 2.43 bits per heavy atom. The first-order valence-corrected chi connectivity index (χ1v) is 4.05. The Morgan fingerprint density at radius 1 is 1.57 bits per heavy atom. The third-order valence-corrected chi connectivity index (χ3v) is 1.82. The Bertz CT molecular complexity index is 522. The molecule has 1 aromatic carbocycles. The zero-order chi connectivity index (χ0) is 9.97. The number of carbonyl (C=O) groups is 1. The third kappa shape index (κ3) is 1.36. The van der Waals surface area contributed by atoms with Crippen molar-refractivity contribution in [1.29, 1.82) is 5.26 Å². The summed E-state index contributed by atoms with van der Waals surface area (Å²) in [5.74, 6) is 0.380. The molecule has 0 amide bonds. The van der Waals surface area contributed by atoms with Crippen LogP contribution in [0.1, 0.15) is 16.2 Å². The number of rotatable bonds is 2. The van der Waals surface area contributed by atoms with Crippen LogP contribution in [0.2, 0.25) is 0 Å². The number of aromatic nitrogens is 1. The zero-order valence-corrected chi connectivity index (χ0v) is 7.23. The molecular weight excluding hydrogens is 180 g/mol. The van der Waals surface area contributed by atoms with Crippen LogP contribution in [-0.2, 0) is 6.42 Å². The lowest BCUT2D eigenvalue weighted by molar-refractivity contribution is 0.112. The lowest BCUT2D eigenvalue weighted by Gasteiger charge is -1.86. The van der Waals surface area contributed by atoms with E-state index in [4.69, 9.17) is 9.68 Å². The van der Waals surface area contributed by atoms with Crippen molar-refractivity contribution < 1.29 is 9.21 Å². The van der Waals surface area contributed by atoms with Gasteiger partial charge in [-0.15, -0.1) is 0 Å². The second kappa shape index (κ2) is 3.30. The highest BCUT2D eigenvalue weighted by atomic mass is 16.3. The van der Waals surface area contributed by atoms with E-state index in [1.54, 1.807) is 18.2 Å². The molecule has 0 aliphatic carbocycles. The molecule has 2 rings (SSSR count). The van der Waals surface area contributed by atoms with Gasteiger partial charge in [-0.2, -0.15) is 5.26 Å². The lowest BCUT2D eigenvalue weighted by Crippen LogP contribution is -1.79. The Labute approximate surface area is 79.8 Å². The second-order valence-electron chi connectivity index (χ2n) is 2.79. The minimum absolute atomic E-state index is 0.144. The molecule has 1 aromatic heterocycles. The molecule has 1 heterocycles. The highest BCUT2D eigenvalue weighted by molar-refractivity contribution is 5.83. The van der Waals surface area contributed by atoms with Crippen LogP contribution in [0, 0.1) is 11.3 Å². The predicted molar refractivity (Wildman–Crippen MR) is 48.7 cm³/mol.